The number of nitrogen functional groups attached to an aromatic ring is 1. The molecule has 0 saturated carbocycles. The number of amides is 2. The normalized spacial score (nSPS) is 11.5. The summed E-state index contributed by atoms with van der Waals surface area (Å²) in [5, 5.41) is 7.59. The molecule has 4 aromatic rings. The molecule has 0 aliphatic rings. The van der Waals surface area contributed by atoms with Gasteiger partial charge in [0, 0.05) is 27.4 Å². The van der Waals surface area contributed by atoms with Crippen molar-refractivity contribution in [1.29, 1.82) is 0 Å². The Bertz CT molecular complexity index is 1500. The summed E-state index contributed by atoms with van der Waals surface area (Å²) in [6.07, 6.45) is 4.59. The zero-order valence-electron chi connectivity index (χ0n) is 23.1. The second-order valence-electron chi connectivity index (χ2n) is 10.8. The maximum absolute atomic E-state index is 13.5. The van der Waals surface area contributed by atoms with Crippen LogP contribution in [0.3, 0.4) is 0 Å². The number of nitrogens with zero attached hydrogens (tertiary/aromatic N) is 5. The Hall–Kier alpha value is -4.16. The van der Waals surface area contributed by atoms with Gasteiger partial charge in [-0.1, -0.05) is 37.8 Å². The summed E-state index contributed by atoms with van der Waals surface area (Å²) < 4.78 is 20.9. The Labute approximate surface area is 233 Å². The molecule has 0 unspecified atom stereocenters. The number of carbonyl (C=O) groups excluding carboxylic acids is 2. The van der Waals surface area contributed by atoms with Crippen LogP contribution in [0, 0.1) is 12.7 Å². The molecule has 0 aliphatic heterocycles. The summed E-state index contributed by atoms with van der Waals surface area (Å²) in [5.41, 5.74) is 9.05. The molecule has 40 heavy (non-hydrogen) atoms. The molecule has 0 fully saturated rings. The zero-order valence-corrected chi connectivity index (χ0v) is 24.1. The molecule has 0 spiro atoms. The Balaban J connectivity index is 1.57. The molecule has 3 N–H and O–H groups in total. The lowest BCUT2D eigenvalue weighted by Crippen LogP contribution is -2.39. The van der Waals surface area contributed by atoms with E-state index in [1.807, 2.05) is 13.0 Å². The molecule has 0 atom stereocenters. The largest absolute Gasteiger partial charge is 0.383 e. The molecule has 2 amide bonds. The predicted octanol–water partition coefficient (Wildman–Crippen LogP) is 4.34. The summed E-state index contributed by atoms with van der Waals surface area (Å²) in [6.45, 7) is 9.61. The van der Waals surface area contributed by atoms with E-state index in [0.717, 1.165) is 11.6 Å². The van der Waals surface area contributed by atoms with Crippen LogP contribution >= 0.6 is 0 Å². The Morgan fingerprint density at radius 3 is 2.55 bits per heavy atom. The van der Waals surface area contributed by atoms with Crippen molar-refractivity contribution in [3.8, 4) is 0 Å². The number of aryl methyl sites for hydroxylation is 1. The van der Waals surface area contributed by atoms with E-state index in [1.54, 1.807) is 35.3 Å². The summed E-state index contributed by atoms with van der Waals surface area (Å²) in [7, 11) is -1.27. The number of rotatable bonds is 10. The zero-order chi connectivity index (χ0) is 28.9. The van der Waals surface area contributed by atoms with E-state index < -0.39 is 19.9 Å². The standard InChI is InChI=1S/C28H34FN7O3Si/c1-19-6-5-11-31-24(19)17-35(16-20-7-9-21(29)10-8-20)28(38)27(37)34-23-15-32-26(30)22-14-33-36(25(22)23)18-39-12-13-40(2,3)4/h5-11,14-15H,12-13,16-18H2,1-4H3,(H2,30,32)(H,34,37). The van der Waals surface area contributed by atoms with E-state index in [2.05, 4.69) is 40.0 Å². The third-order valence-corrected chi connectivity index (χ3v) is 8.09. The van der Waals surface area contributed by atoms with Crippen molar-refractivity contribution in [2.24, 2.45) is 0 Å². The quantitative estimate of drug-likeness (QED) is 0.167. The second kappa shape index (κ2) is 12.3. The molecule has 210 valence electrons. The van der Waals surface area contributed by atoms with Gasteiger partial charge in [-0.25, -0.2) is 14.1 Å². The number of pyridine rings is 2. The fraction of sp³-hybridized carbons (Fsp3) is 0.321. The van der Waals surface area contributed by atoms with Crippen LogP contribution in [0.15, 0.2) is 55.0 Å². The highest BCUT2D eigenvalue weighted by atomic mass is 28.3. The van der Waals surface area contributed by atoms with Crippen molar-refractivity contribution in [2.75, 3.05) is 17.7 Å². The van der Waals surface area contributed by atoms with Gasteiger partial charge in [0.2, 0.25) is 0 Å². The van der Waals surface area contributed by atoms with Crippen molar-refractivity contribution in [1.82, 2.24) is 24.6 Å². The van der Waals surface area contributed by atoms with Gasteiger partial charge in [0.1, 0.15) is 18.4 Å². The summed E-state index contributed by atoms with van der Waals surface area (Å²) in [6, 6.07) is 10.5. The van der Waals surface area contributed by atoms with Gasteiger partial charge < -0.3 is 20.7 Å². The van der Waals surface area contributed by atoms with E-state index in [0.29, 0.717) is 28.8 Å². The first kappa shape index (κ1) is 28.8. The van der Waals surface area contributed by atoms with Gasteiger partial charge in [0.15, 0.2) is 0 Å². The molecule has 1 aromatic carbocycles. The second-order valence-corrected chi connectivity index (χ2v) is 16.4. The van der Waals surface area contributed by atoms with Gasteiger partial charge in [0.25, 0.3) is 0 Å². The minimum atomic E-state index is -1.27. The minimum Gasteiger partial charge on any atom is -0.383 e. The lowest BCUT2D eigenvalue weighted by atomic mass is 10.1. The minimum absolute atomic E-state index is 0.0841. The number of hydrogen-bond donors (Lipinski definition) is 2. The van der Waals surface area contributed by atoms with Crippen LogP contribution in [0.5, 0.6) is 0 Å². The number of benzene rings is 1. The van der Waals surface area contributed by atoms with Gasteiger partial charge in [0.05, 0.1) is 41.2 Å². The first-order valence-electron chi connectivity index (χ1n) is 12.9. The molecule has 4 rings (SSSR count). The average molecular weight is 564 g/mol. The highest BCUT2D eigenvalue weighted by Crippen LogP contribution is 2.27. The van der Waals surface area contributed by atoms with Crippen molar-refractivity contribution < 1.29 is 18.7 Å². The van der Waals surface area contributed by atoms with E-state index in [1.165, 1.54) is 23.2 Å². The van der Waals surface area contributed by atoms with Crippen LogP contribution in [0.4, 0.5) is 15.9 Å². The third kappa shape index (κ3) is 7.27. The number of hydrogen-bond acceptors (Lipinski definition) is 7. The van der Waals surface area contributed by atoms with Gasteiger partial charge in [-0.3, -0.25) is 14.6 Å². The number of anilines is 2. The van der Waals surface area contributed by atoms with Crippen molar-refractivity contribution >= 4 is 42.3 Å². The fourth-order valence-electron chi connectivity index (χ4n) is 4.03. The number of halogens is 1. The van der Waals surface area contributed by atoms with Crippen LogP contribution in [0.2, 0.25) is 25.7 Å². The average Bonchev–Trinajstić information content (AvgIpc) is 3.34. The Morgan fingerprint density at radius 2 is 1.85 bits per heavy atom. The van der Waals surface area contributed by atoms with Gasteiger partial charge in [-0.2, -0.15) is 5.10 Å². The number of fused-ring (bicyclic) bond motifs is 1. The number of nitrogens with one attached hydrogen (secondary N) is 1. The van der Waals surface area contributed by atoms with Crippen molar-refractivity contribution in [3.63, 3.8) is 0 Å². The first-order chi connectivity index (χ1) is 19.0. The molecule has 12 heteroatoms. The Morgan fingerprint density at radius 1 is 1.10 bits per heavy atom. The van der Waals surface area contributed by atoms with Crippen LogP contribution < -0.4 is 11.1 Å². The monoisotopic (exact) mass is 563 g/mol. The lowest BCUT2D eigenvalue weighted by molar-refractivity contribution is -0.144. The molecular formula is C28H34FN7O3Si. The summed E-state index contributed by atoms with van der Waals surface area (Å²) in [4.78, 5) is 36.7. The number of carbonyl (C=O) groups is 2. The summed E-state index contributed by atoms with van der Waals surface area (Å²) >= 11 is 0. The van der Waals surface area contributed by atoms with Crippen LogP contribution in [0.25, 0.3) is 10.9 Å². The first-order valence-corrected chi connectivity index (χ1v) is 16.7. The topological polar surface area (TPSA) is 128 Å². The van der Waals surface area contributed by atoms with E-state index in [9.17, 15) is 14.0 Å². The molecule has 0 radical (unpaired) electrons. The molecule has 3 heterocycles. The van der Waals surface area contributed by atoms with E-state index in [4.69, 9.17) is 10.5 Å². The predicted molar refractivity (Wildman–Crippen MR) is 154 cm³/mol. The molecule has 0 saturated heterocycles. The number of nitrogens with two attached hydrogens (primary N) is 1. The van der Waals surface area contributed by atoms with Gasteiger partial charge in [-0.05, 0) is 42.3 Å². The Kier molecular flexibility index (Phi) is 8.90. The van der Waals surface area contributed by atoms with Crippen LogP contribution in [-0.4, -0.2) is 51.1 Å². The molecule has 3 aromatic heterocycles. The molecule has 0 aliphatic carbocycles. The van der Waals surface area contributed by atoms with Crippen molar-refractivity contribution in [2.45, 2.75) is 52.4 Å². The maximum atomic E-state index is 13.5. The summed E-state index contributed by atoms with van der Waals surface area (Å²) in [5.74, 6) is -1.79. The highest BCUT2D eigenvalue weighted by Gasteiger charge is 2.25. The number of aromatic nitrogens is 4. The van der Waals surface area contributed by atoms with Gasteiger partial charge >= 0.3 is 11.8 Å². The highest BCUT2D eigenvalue weighted by molar-refractivity contribution is 6.76. The van der Waals surface area contributed by atoms with E-state index >= 15 is 0 Å². The lowest BCUT2D eigenvalue weighted by Gasteiger charge is -2.23. The van der Waals surface area contributed by atoms with E-state index in [-0.39, 0.29) is 37.1 Å². The molecule has 10 nitrogen and oxygen atoms in total. The number of ether oxygens (including phenoxy) is 1. The fourth-order valence-corrected chi connectivity index (χ4v) is 4.79. The van der Waals surface area contributed by atoms with Crippen molar-refractivity contribution in [3.05, 3.63) is 77.6 Å². The third-order valence-electron chi connectivity index (χ3n) is 6.39. The maximum Gasteiger partial charge on any atom is 0.314 e. The molecule has 0 bridgehead atoms. The molecular weight excluding hydrogens is 529 g/mol. The van der Waals surface area contributed by atoms with Crippen LogP contribution in [-0.2, 0) is 34.1 Å². The van der Waals surface area contributed by atoms with Gasteiger partial charge in [-0.15, -0.1) is 0 Å². The SMILES string of the molecule is Cc1cccnc1CN(Cc1ccc(F)cc1)C(=O)C(=O)Nc1cnc(N)c2cnn(COCC[Si](C)(C)C)c12. The smallest absolute Gasteiger partial charge is 0.314 e. The van der Waals surface area contributed by atoms with Crippen LogP contribution in [0.1, 0.15) is 16.8 Å².